The van der Waals surface area contributed by atoms with Gasteiger partial charge >= 0.3 is 0 Å². The van der Waals surface area contributed by atoms with Gasteiger partial charge in [0.1, 0.15) is 12.4 Å². The van der Waals surface area contributed by atoms with Crippen molar-refractivity contribution >= 4 is 46.4 Å². The fourth-order valence-corrected chi connectivity index (χ4v) is 2.45. The van der Waals surface area contributed by atoms with E-state index in [9.17, 15) is 0 Å². The summed E-state index contributed by atoms with van der Waals surface area (Å²) < 4.78 is 5.62. The van der Waals surface area contributed by atoms with Crippen molar-refractivity contribution in [2.24, 2.45) is 5.73 Å². The van der Waals surface area contributed by atoms with Gasteiger partial charge in [0, 0.05) is 23.2 Å². The molecule has 0 amide bonds. The molecule has 0 saturated carbocycles. The van der Waals surface area contributed by atoms with Gasteiger partial charge in [-0.3, -0.25) is 0 Å². The Morgan fingerprint density at radius 3 is 2.20 bits per heavy atom. The van der Waals surface area contributed by atoms with Gasteiger partial charge in [0.15, 0.2) is 0 Å². The van der Waals surface area contributed by atoms with Crippen molar-refractivity contribution in [3.63, 3.8) is 0 Å². The molecule has 0 heterocycles. The van der Waals surface area contributed by atoms with Crippen molar-refractivity contribution < 1.29 is 4.74 Å². The van der Waals surface area contributed by atoms with Crippen LogP contribution in [-0.2, 0) is 13.2 Å². The molecule has 2 rings (SSSR count). The first-order valence-electron chi connectivity index (χ1n) is 5.76. The minimum Gasteiger partial charge on any atom is -0.487 e. The molecule has 0 aromatic heterocycles. The number of nitrogens with two attached hydrogens (primary N) is 1. The van der Waals surface area contributed by atoms with Crippen molar-refractivity contribution in [2.75, 3.05) is 0 Å². The summed E-state index contributed by atoms with van der Waals surface area (Å²) in [4.78, 5) is 0. The summed E-state index contributed by atoms with van der Waals surface area (Å²) in [5.74, 6) is 0.458. The second-order valence-corrected chi connectivity index (χ2v) is 5.74. The fourth-order valence-electron chi connectivity index (χ4n) is 1.61. The molecule has 0 fully saturated rings. The first-order chi connectivity index (χ1) is 9.51. The highest BCUT2D eigenvalue weighted by Gasteiger charge is 2.09. The number of halogens is 4. The lowest BCUT2D eigenvalue weighted by Gasteiger charge is -2.11. The molecular weight excluding hydrogens is 340 g/mol. The average molecular weight is 351 g/mol. The van der Waals surface area contributed by atoms with Gasteiger partial charge in [-0.25, -0.2) is 0 Å². The summed E-state index contributed by atoms with van der Waals surface area (Å²) in [6.07, 6.45) is 0. The van der Waals surface area contributed by atoms with E-state index in [4.69, 9.17) is 56.9 Å². The molecule has 0 bridgehead atoms. The zero-order valence-corrected chi connectivity index (χ0v) is 13.3. The maximum absolute atomic E-state index is 6.15. The quantitative estimate of drug-likeness (QED) is 0.755. The Labute approximate surface area is 137 Å². The molecule has 6 heteroatoms. The zero-order valence-electron chi connectivity index (χ0n) is 10.3. The van der Waals surface area contributed by atoms with Gasteiger partial charge in [-0.1, -0.05) is 58.5 Å². The molecule has 0 aliphatic carbocycles. The highest BCUT2D eigenvalue weighted by molar-refractivity contribution is 6.43. The molecule has 0 aliphatic heterocycles. The lowest BCUT2D eigenvalue weighted by atomic mass is 10.1. The second kappa shape index (κ2) is 6.88. The van der Waals surface area contributed by atoms with Gasteiger partial charge in [-0.15, -0.1) is 0 Å². The Hall–Kier alpha value is -0.640. The van der Waals surface area contributed by atoms with Crippen molar-refractivity contribution in [2.45, 2.75) is 13.2 Å². The van der Waals surface area contributed by atoms with Crippen molar-refractivity contribution in [3.8, 4) is 5.75 Å². The standard InChI is InChI=1S/C14H11Cl4NO/c15-10-3-8(6-19)1-2-9(10)7-20-14-5-12(17)11(16)4-13(14)18/h1-5H,6-7,19H2. The summed E-state index contributed by atoms with van der Waals surface area (Å²) in [7, 11) is 0. The third-order valence-corrected chi connectivity index (χ3v) is 4.08. The van der Waals surface area contributed by atoms with Gasteiger partial charge in [-0.2, -0.15) is 0 Å². The molecule has 2 nitrogen and oxygen atoms in total. The van der Waals surface area contributed by atoms with Crippen LogP contribution in [0.3, 0.4) is 0 Å². The summed E-state index contributed by atoms with van der Waals surface area (Å²) in [5.41, 5.74) is 7.35. The predicted molar refractivity (Wildman–Crippen MR) is 85.1 cm³/mol. The van der Waals surface area contributed by atoms with E-state index in [2.05, 4.69) is 0 Å². The van der Waals surface area contributed by atoms with Crippen LogP contribution in [0.4, 0.5) is 0 Å². The van der Waals surface area contributed by atoms with Crippen LogP contribution in [-0.4, -0.2) is 0 Å². The highest BCUT2D eigenvalue weighted by Crippen LogP contribution is 2.34. The number of benzene rings is 2. The maximum Gasteiger partial charge on any atom is 0.139 e. The topological polar surface area (TPSA) is 35.2 Å². The molecular formula is C14H11Cl4NO. The monoisotopic (exact) mass is 349 g/mol. The first kappa shape index (κ1) is 15.7. The molecule has 2 N–H and O–H groups in total. The number of hydrogen-bond donors (Lipinski definition) is 1. The number of hydrogen-bond acceptors (Lipinski definition) is 2. The Morgan fingerprint density at radius 2 is 1.55 bits per heavy atom. The molecule has 0 atom stereocenters. The van der Waals surface area contributed by atoms with Crippen molar-refractivity contribution in [1.82, 2.24) is 0 Å². The van der Waals surface area contributed by atoms with E-state index in [0.29, 0.717) is 32.4 Å². The van der Waals surface area contributed by atoms with E-state index in [1.165, 1.54) is 0 Å². The Balaban J connectivity index is 2.15. The molecule has 0 radical (unpaired) electrons. The number of ether oxygens (including phenoxy) is 1. The van der Waals surface area contributed by atoms with Gasteiger partial charge in [0.2, 0.25) is 0 Å². The van der Waals surface area contributed by atoms with Crippen LogP contribution in [0.1, 0.15) is 11.1 Å². The molecule has 0 saturated heterocycles. The first-order valence-corrected chi connectivity index (χ1v) is 7.27. The fraction of sp³-hybridized carbons (Fsp3) is 0.143. The maximum atomic E-state index is 6.15. The molecule has 20 heavy (non-hydrogen) atoms. The van der Waals surface area contributed by atoms with Gasteiger partial charge in [-0.05, 0) is 17.7 Å². The van der Waals surface area contributed by atoms with Crippen LogP contribution >= 0.6 is 46.4 Å². The minimum atomic E-state index is 0.279. The van der Waals surface area contributed by atoms with E-state index in [1.807, 2.05) is 18.2 Å². The SMILES string of the molecule is NCc1ccc(COc2cc(Cl)c(Cl)cc2Cl)c(Cl)c1. The Bertz CT molecular complexity index is 631. The second-order valence-electron chi connectivity index (χ2n) is 4.12. The van der Waals surface area contributed by atoms with E-state index in [-0.39, 0.29) is 6.61 Å². The van der Waals surface area contributed by atoms with E-state index >= 15 is 0 Å². The van der Waals surface area contributed by atoms with Crippen molar-refractivity contribution in [1.29, 1.82) is 0 Å². The molecule has 0 aliphatic rings. The minimum absolute atomic E-state index is 0.279. The molecule has 0 unspecified atom stereocenters. The van der Waals surface area contributed by atoms with Crippen molar-refractivity contribution in [3.05, 3.63) is 61.5 Å². The number of rotatable bonds is 4. The van der Waals surface area contributed by atoms with E-state index in [0.717, 1.165) is 11.1 Å². The van der Waals surface area contributed by atoms with Gasteiger partial charge in [0.25, 0.3) is 0 Å². The Morgan fingerprint density at radius 1 is 0.850 bits per heavy atom. The zero-order chi connectivity index (χ0) is 14.7. The summed E-state index contributed by atoms with van der Waals surface area (Å²) >= 11 is 24.0. The third-order valence-electron chi connectivity index (χ3n) is 2.71. The van der Waals surface area contributed by atoms with Crippen LogP contribution in [0.2, 0.25) is 20.1 Å². The summed E-state index contributed by atoms with van der Waals surface area (Å²) in [5, 5.41) is 1.77. The lowest BCUT2D eigenvalue weighted by molar-refractivity contribution is 0.306. The van der Waals surface area contributed by atoms with Crippen LogP contribution in [0.25, 0.3) is 0 Å². The lowest BCUT2D eigenvalue weighted by Crippen LogP contribution is -2.00. The molecule has 0 spiro atoms. The van der Waals surface area contributed by atoms with Crippen LogP contribution in [0.5, 0.6) is 5.75 Å². The van der Waals surface area contributed by atoms with Crippen LogP contribution < -0.4 is 10.5 Å². The van der Waals surface area contributed by atoms with Gasteiger partial charge < -0.3 is 10.5 Å². The molecule has 2 aromatic carbocycles. The van der Waals surface area contributed by atoms with E-state index in [1.54, 1.807) is 12.1 Å². The largest absolute Gasteiger partial charge is 0.487 e. The van der Waals surface area contributed by atoms with Crippen LogP contribution in [0, 0.1) is 0 Å². The molecule has 2 aromatic rings. The average Bonchev–Trinajstić information content (AvgIpc) is 2.42. The normalized spacial score (nSPS) is 10.7. The summed E-state index contributed by atoms with van der Waals surface area (Å²) in [6, 6.07) is 8.71. The smallest absolute Gasteiger partial charge is 0.139 e. The van der Waals surface area contributed by atoms with Gasteiger partial charge in [0.05, 0.1) is 15.1 Å². The third kappa shape index (κ3) is 3.72. The highest BCUT2D eigenvalue weighted by atomic mass is 35.5. The summed E-state index contributed by atoms with van der Waals surface area (Å²) in [6.45, 7) is 0.723. The Kier molecular flexibility index (Phi) is 5.42. The van der Waals surface area contributed by atoms with E-state index < -0.39 is 0 Å². The van der Waals surface area contributed by atoms with Crippen LogP contribution in [0.15, 0.2) is 30.3 Å². The molecule has 106 valence electrons. The predicted octanol–water partition coefficient (Wildman–Crippen LogP) is 5.34.